The van der Waals surface area contributed by atoms with E-state index in [0.717, 1.165) is 31.0 Å². The third-order valence-electron chi connectivity index (χ3n) is 3.35. The third kappa shape index (κ3) is 5.23. The SMILES string of the molecule is CC(C)Oc1ccc(C(C)NCCCc2ncc[nH]2)cc1. The molecule has 0 amide bonds. The zero-order valence-electron chi connectivity index (χ0n) is 13.1. The van der Waals surface area contributed by atoms with E-state index in [1.807, 2.05) is 32.2 Å². The summed E-state index contributed by atoms with van der Waals surface area (Å²) in [6.45, 7) is 7.24. The topological polar surface area (TPSA) is 49.9 Å². The number of aromatic amines is 1. The summed E-state index contributed by atoms with van der Waals surface area (Å²) < 4.78 is 5.66. The summed E-state index contributed by atoms with van der Waals surface area (Å²) in [6.07, 6.45) is 5.94. The van der Waals surface area contributed by atoms with Crippen LogP contribution in [0.25, 0.3) is 0 Å². The van der Waals surface area contributed by atoms with Gasteiger partial charge in [0.25, 0.3) is 0 Å². The van der Waals surface area contributed by atoms with Crippen LogP contribution in [0.4, 0.5) is 0 Å². The van der Waals surface area contributed by atoms with E-state index in [-0.39, 0.29) is 6.10 Å². The minimum absolute atomic E-state index is 0.216. The maximum Gasteiger partial charge on any atom is 0.119 e. The minimum Gasteiger partial charge on any atom is -0.491 e. The number of nitrogens with zero attached hydrogens (tertiary/aromatic N) is 1. The first-order valence-electron chi connectivity index (χ1n) is 7.63. The Morgan fingerprint density at radius 2 is 1.95 bits per heavy atom. The Bertz CT molecular complexity index is 505. The summed E-state index contributed by atoms with van der Waals surface area (Å²) in [5.74, 6) is 1.98. The Morgan fingerprint density at radius 1 is 1.19 bits per heavy atom. The summed E-state index contributed by atoms with van der Waals surface area (Å²) in [5, 5.41) is 3.54. The molecule has 0 aliphatic carbocycles. The van der Waals surface area contributed by atoms with Gasteiger partial charge in [0, 0.05) is 24.9 Å². The Morgan fingerprint density at radius 3 is 2.57 bits per heavy atom. The van der Waals surface area contributed by atoms with Gasteiger partial charge in [-0.3, -0.25) is 0 Å². The van der Waals surface area contributed by atoms with E-state index in [2.05, 4.69) is 34.3 Å². The average Bonchev–Trinajstić information content (AvgIpc) is 2.97. The van der Waals surface area contributed by atoms with E-state index < -0.39 is 0 Å². The first-order valence-corrected chi connectivity index (χ1v) is 7.63. The summed E-state index contributed by atoms with van der Waals surface area (Å²) in [4.78, 5) is 7.35. The smallest absolute Gasteiger partial charge is 0.119 e. The molecular weight excluding hydrogens is 262 g/mol. The monoisotopic (exact) mass is 287 g/mol. The fourth-order valence-electron chi connectivity index (χ4n) is 2.23. The first-order chi connectivity index (χ1) is 10.1. The van der Waals surface area contributed by atoms with Crippen molar-refractivity contribution >= 4 is 0 Å². The average molecular weight is 287 g/mol. The highest BCUT2D eigenvalue weighted by Gasteiger charge is 2.05. The van der Waals surface area contributed by atoms with Gasteiger partial charge in [-0.15, -0.1) is 0 Å². The highest BCUT2D eigenvalue weighted by atomic mass is 16.5. The van der Waals surface area contributed by atoms with Crippen LogP contribution in [-0.4, -0.2) is 22.6 Å². The standard InChI is InChI=1S/C17H25N3O/c1-13(2)21-16-8-6-15(7-9-16)14(3)18-10-4-5-17-19-11-12-20-17/h6-9,11-14,18H,4-5,10H2,1-3H3,(H,19,20). The molecule has 0 aliphatic rings. The molecule has 0 saturated carbocycles. The molecule has 0 spiro atoms. The second-order valence-corrected chi connectivity index (χ2v) is 5.55. The number of imidazole rings is 1. The van der Waals surface area contributed by atoms with Gasteiger partial charge in [-0.25, -0.2) is 4.98 Å². The lowest BCUT2D eigenvalue weighted by Crippen LogP contribution is -2.20. The molecule has 1 aromatic carbocycles. The van der Waals surface area contributed by atoms with Crippen LogP contribution >= 0.6 is 0 Å². The molecule has 1 aromatic heterocycles. The van der Waals surface area contributed by atoms with Crippen LogP contribution in [-0.2, 0) is 6.42 Å². The maximum absolute atomic E-state index is 5.66. The minimum atomic E-state index is 0.216. The number of nitrogens with one attached hydrogen (secondary N) is 2. The number of ether oxygens (including phenoxy) is 1. The number of aromatic nitrogens is 2. The van der Waals surface area contributed by atoms with E-state index in [9.17, 15) is 0 Å². The number of hydrogen-bond acceptors (Lipinski definition) is 3. The van der Waals surface area contributed by atoms with Crippen LogP contribution in [0.3, 0.4) is 0 Å². The molecule has 1 unspecified atom stereocenters. The van der Waals surface area contributed by atoms with Crippen molar-refractivity contribution < 1.29 is 4.74 Å². The van der Waals surface area contributed by atoms with Crippen LogP contribution < -0.4 is 10.1 Å². The lowest BCUT2D eigenvalue weighted by Gasteiger charge is -2.15. The summed E-state index contributed by atoms with van der Waals surface area (Å²) >= 11 is 0. The summed E-state index contributed by atoms with van der Waals surface area (Å²) in [7, 11) is 0. The van der Waals surface area contributed by atoms with Crippen molar-refractivity contribution in [2.24, 2.45) is 0 Å². The Kier molecular flexibility index (Phi) is 5.81. The van der Waals surface area contributed by atoms with E-state index in [1.165, 1.54) is 5.56 Å². The molecule has 21 heavy (non-hydrogen) atoms. The molecular formula is C17H25N3O. The van der Waals surface area contributed by atoms with Gasteiger partial charge in [0.05, 0.1) is 6.10 Å². The number of benzene rings is 1. The molecule has 0 radical (unpaired) electrons. The van der Waals surface area contributed by atoms with Gasteiger partial charge in [0.15, 0.2) is 0 Å². The highest BCUT2D eigenvalue weighted by Crippen LogP contribution is 2.18. The molecule has 0 bridgehead atoms. The number of hydrogen-bond donors (Lipinski definition) is 2. The molecule has 0 fully saturated rings. The van der Waals surface area contributed by atoms with Crippen LogP contribution in [0.5, 0.6) is 5.75 Å². The van der Waals surface area contributed by atoms with Gasteiger partial charge in [0.2, 0.25) is 0 Å². The largest absolute Gasteiger partial charge is 0.491 e. The van der Waals surface area contributed by atoms with Gasteiger partial charge in [-0.1, -0.05) is 12.1 Å². The van der Waals surface area contributed by atoms with Gasteiger partial charge in [-0.2, -0.15) is 0 Å². The zero-order valence-corrected chi connectivity index (χ0v) is 13.1. The number of rotatable bonds is 8. The fourth-order valence-corrected chi connectivity index (χ4v) is 2.23. The lowest BCUT2D eigenvalue weighted by molar-refractivity contribution is 0.242. The van der Waals surface area contributed by atoms with E-state index in [4.69, 9.17) is 4.74 Å². The van der Waals surface area contributed by atoms with Crippen molar-refractivity contribution in [3.63, 3.8) is 0 Å². The van der Waals surface area contributed by atoms with Crippen LogP contribution in [0.15, 0.2) is 36.7 Å². The van der Waals surface area contributed by atoms with Crippen LogP contribution in [0, 0.1) is 0 Å². The third-order valence-corrected chi connectivity index (χ3v) is 3.35. The molecule has 1 heterocycles. The van der Waals surface area contributed by atoms with Gasteiger partial charge in [0.1, 0.15) is 11.6 Å². The second kappa shape index (κ2) is 7.84. The molecule has 2 N–H and O–H groups in total. The van der Waals surface area contributed by atoms with Crippen molar-refractivity contribution in [1.82, 2.24) is 15.3 Å². The first kappa shape index (κ1) is 15.6. The number of H-pyrrole nitrogens is 1. The normalized spacial score (nSPS) is 12.6. The molecule has 0 saturated heterocycles. The summed E-state index contributed by atoms with van der Waals surface area (Å²) in [5.41, 5.74) is 1.28. The fraction of sp³-hybridized carbons (Fsp3) is 0.471. The van der Waals surface area contributed by atoms with Gasteiger partial charge >= 0.3 is 0 Å². The number of aryl methyl sites for hydroxylation is 1. The molecule has 4 nitrogen and oxygen atoms in total. The maximum atomic E-state index is 5.66. The van der Waals surface area contributed by atoms with E-state index in [0.29, 0.717) is 6.04 Å². The molecule has 2 rings (SSSR count). The Hall–Kier alpha value is -1.81. The second-order valence-electron chi connectivity index (χ2n) is 5.55. The van der Waals surface area contributed by atoms with Gasteiger partial charge < -0.3 is 15.0 Å². The lowest BCUT2D eigenvalue weighted by atomic mass is 10.1. The zero-order chi connectivity index (χ0) is 15.1. The van der Waals surface area contributed by atoms with Crippen molar-refractivity contribution in [3.8, 4) is 5.75 Å². The van der Waals surface area contributed by atoms with Crippen LogP contribution in [0.2, 0.25) is 0 Å². The van der Waals surface area contributed by atoms with Crippen LogP contribution in [0.1, 0.15) is 44.6 Å². The molecule has 114 valence electrons. The Balaban J connectivity index is 1.73. The predicted octanol–water partition coefficient (Wildman–Crippen LogP) is 3.48. The van der Waals surface area contributed by atoms with E-state index in [1.54, 1.807) is 6.20 Å². The van der Waals surface area contributed by atoms with Gasteiger partial charge in [-0.05, 0) is 51.4 Å². The molecule has 1 atom stereocenters. The molecule has 0 aliphatic heterocycles. The quantitative estimate of drug-likeness (QED) is 0.731. The molecule has 4 heteroatoms. The Labute approximate surface area is 127 Å². The predicted molar refractivity (Wildman–Crippen MR) is 85.5 cm³/mol. The van der Waals surface area contributed by atoms with Crippen molar-refractivity contribution in [3.05, 3.63) is 48.0 Å². The van der Waals surface area contributed by atoms with Crippen molar-refractivity contribution in [1.29, 1.82) is 0 Å². The van der Waals surface area contributed by atoms with Crippen molar-refractivity contribution in [2.45, 2.75) is 45.8 Å². The molecule has 2 aromatic rings. The van der Waals surface area contributed by atoms with Crippen molar-refractivity contribution in [2.75, 3.05) is 6.54 Å². The van der Waals surface area contributed by atoms with E-state index >= 15 is 0 Å². The highest BCUT2D eigenvalue weighted by molar-refractivity contribution is 5.29. The summed E-state index contributed by atoms with van der Waals surface area (Å²) in [6, 6.07) is 8.67.